The van der Waals surface area contributed by atoms with E-state index >= 15 is 0 Å². The first-order chi connectivity index (χ1) is 15.4. The molecule has 0 aliphatic heterocycles. The summed E-state index contributed by atoms with van der Waals surface area (Å²) in [7, 11) is 0. The van der Waals surface area contributed by atoms with E-state index in [1.165, 1.54) is 23.9 Å². The third-order valence-electron chi connectivity index (χ3n) is 4.32. The highest BCUT2D eigenvalue weighted by Crippen LogP contribution is 2.23. The molecule has 0 fully saturated rings. The summed E-state index contributed by atoms with van der Waals surface area (Å²) in [5, 5.41) is 4.53. The van der Waals surface area contributed by atoms with Gasteiger partial charge < -0.3 is 9.47 Å². The number of benzene rings is 3. The van der Waals surface area contributed by atoms with Gasteiger partial charge in [0, 0.05) is 5.02 Å². The fourth-order valence-electron chi connectivity index (χ4n) is 2.66. The van der Waals surface area contributed by atoms with Gasteiger partial charge in [-0.2, -0.15) is 5.10 Å². The molecular weight excluding hydrogens is 451 g/mol. The van der Waals surface area contributed by atoms with Gasteiger partial charge in [-0.1, -0.05) is 54.4 Å². The lowest BCUT2D eigenvalue weighted by molar-refractivity contribution is -0.123. The Balaban J connectivity index is 1.52. The Labute approximate surface area is 195 Å². The molecule has 32 heavy (non-hydrogen) atoms. The zero-order valence-corrected chi connectivity index (χ0v) is 18.7. The molecule has 0 saturated heterocycles. The molecule has 3 rings (SSSR count). The van der Waals surface area contributed by atoms with Gasteiger partial charge in [-0.25, -0.2) is 10.2 Å². The average Bonchev–Trinajstić information content (AvgIpc) is 2.78. The number of carbonyl (C=O) groups is 2. The van der Waals surface area contributed by atoms with Crippen molar-refractivity contribution in [3.63, 3.8) is 0 Å². The Bertz CT molecular complexity index is 1130. The SMILES string of the molecule is CCc1ccc(OCC(=O)N/N=C\c2cccc(OC(=O)c3ccc(Cl)cc3Cl)c2)cc1. The monoisotopic (exact) mass is 470 g/mol. The number of nitrogens with one attached hydrogen (secondary N) is 1. The van der Waals surface area contributed by atoms with Crippen LogP contribution in [0.15, 0.2) is 71.8 Å². The molecule has 0 saturated carbocycles. The number of halogens is 2. The van der Waals surface area contributed by atoms with Gasteiger partial charge in [0.1, 0.15) is 11.5 Å². The van der Waals surface area contributed by atoms with Crippen molar-refractivity contribution in [3.05, 3.63) is 93.5 Å². The third-order valence-corrected chi connectivity index (χ3v) is 4.87. The summed E-state index contributed by atoms with van der Waals surface area (Å²) in [6, 6.07) is 18.7. The molecule has 8 heteroatoms. The molecule has 164 valence electrons. The number of amides is 1. The zero-order chi connectivity index (χ0) is 22.9. The number of carbonyl (C=O) groups excluding carboxylic acids is 2. The first-order valence-electron chi connectivity index (χ1n) is 9.75. The molecule has 0 aliphatic carbocycles. The lowest BCUT2D eigenvalue weighted by Crippen LogP contribution is -2.24. The Morgan fingerprint density at radius 2 is 1.78 bits per heavy atom. The van der Waals surface area contributed by atoms with Gasteiger partial charge in [0.25, 0.3) is 5.91 Å². The summed E-state index contributed by atoms with van der Waals surface area (Å²) in [6.07, 6.45) is 2.37. The summed E-state index contributed by atoms with van der Waals surface area (Å²) < 4.78 is 10.8. The predicted molar refractivity (Wildman–Crippen MR) is 125 cm³/mol. The Morgan fingerprint density at radius 1 is 1.00 bits per heavy atom. The molecule has 0 aliphatic rings. The summed E-state index contributed by atoms with van der Waals surface area (Å²) in [6.45, 7) is 1.90. The van der Waals surface area contributed by atoms with Crippen molar-refractivity contribution in [1.82, 2.24) is 5.43 Å². The normalized spacial score (nSPS) is 10.7. The molecule has 0 bridgehead atoms. The van der Waals surface area contributed by atoms with Gasteiger partial charge in [0.05, 0.1) is 16.8 Å². The standard InChI is InChI=1S/C24H20Cl2N2O4/c1-2-16-6-9-19(10-7-16)31-15-23(29)28-27-14-17-4-3-5-20(12-17)32-24(30)21-11-8-18(25)13-22(21)26/h3-14H,2,15H2,1H3,(H,28,29)/b27-14-. The largest absolute Gasteiger partial charge is 0.484 e. The van der Waals surface area contributed by atoms with Crippen molar-refractivity contribution in [1.29, 1.82) is 0 Å². The minimum absolute atomic E-state index is 0.164. The first kappa shape index (κ1) is 23.3. The van der Waals surface area contributed by atoms with Crippen molar-refractivity contribution >= 4 is 41.3 Å². The van der Waals surface area contributed by atoms with Gasteiger partial charge in [0.15, 0.2) is 6.61 Å². The molecule has 0 spiro atoms. The van der Waals surface area contributed by atoms with Crippen LogP contribution in [-0.2, 0) is 11.2 Å². The number of rotatable bonds is 8. The fraction of sp³-hybridized carbons (Fsp3) is 0.125. The molecule has 3 aromatic rings. The highest BCUT2D eigenvalue weighted by atomic mass is 35.5. The number of nitrogens with zero attached hydrogens (tertiary/aromatic N) is 1. The number of esters is 1. The van der Waals surface area contributed by atoms with E-state index in [1.807, 2.05) is 24.3 Å². The topological polar surface area (TPSA) is 77.0 Å². The Morgan fingerprint density at radius 3 is 2.50 bits per heavy atom. The van der Waals surface area contributed by atoms with Crippen molar-refractivity contribution < 1.29 is 19.1 Å². The van der Waals surface area contributed by atoms with Gasteiger partial charge in [-0.15, -0.1) is 0 Å². The second kappa shape index (κ2) is 11.3. The molecular formula is C24H20Cl2N2O4. The van der Waals surface area contributed by atoms with Crippen LogP contribution in [0.5, 0.6) is 11.5 Å². The van der Waals surface area contributed by atoms with E-state index in [-0.39, 0.29) is 17.2 Å². The van der Waals surface area contributed by atoms with Gasteiger partial charge >= 0.3 is 5.97 Å². The molecule has 0 atom stereocenters. The second-order valence-corrected chi connectivity index (χ2v) is 7.51. The van der Waals surface area contributed by atoms with Crippen molar-refractivity contribution in [2.45, 2.75) is 13.3 Å². The molecule has 0 unspecified atom stereocenters. The minimum Gasteiger partial charge on any atom is -0.484 e. The molecule has 1 amide bonds. The molecule has 1 N–H and O–H groups in total. The van der Waals surface area contributed by atoms with Crippen LogP contribution in [0.3, 0.4) is 0 Å². The third kappa shape index (κ3) is 6.83. The highest BCUT2D eigenvalue weighted by molar-refractivity contribution is 6.36. The number of ether oxygens (including phenoxy) is 2. The van der Waals surface area contributed by atoms with Crippen LogP contribution in [0.25, 0.3) is 0 Å². The fourth-order valence-corrected chi connectivity index (χ4v) is 3.14. The average molecular weight is 471 g/mol. The Kier molecular flexibility index (Phi) is 8.25. The van der Waals surface area contributed by atoms with E-state index in [0.29, 0.717) is 22.1 Å². The predicted octanol–water partition coefficient (Wildman–Crippen LogP) is 5.30. The van der Waals surface area contributed by atoms with E-state index in [2.05, 4.69) is 17.5 Å². The van der Waals surface area contributed by atoms with Gasteiger partial charge in [-0.3, -0.25) is 4.79 Å². The van der Waals surface area contributed by atoms with Crippen LogP contribution in [0.1, 0.15) is 28.4 Å². The molecule has 6 nitrogen and oxygen atoms in total. The lowest BCUT2D eigenvalue weighted by atomic mass is 10.2. The van der Waals surface area contributed by atoms with E-state index in [1.54, 1.807) is 30.3 Å². The van der Waals surface area contributed by atoms with Crippen molar-refractivity contribution in [3.8, 4) is 11.5 Å². The second-order valence-electron chi connectivity index (χ2n) is 6.67. The smallest absolute Gasteiger partial charge is 0.345 e. The van der Waals surface area contributed by atoms with Crippen LogP contribution in [0.4, 0.5) is 0 Å². The molecule has 0 radical (unpaired) electrons. The quantitative estimate of drug-likeness (QED) is 0.209. The molecule has 0 aromatic heterocycles. The number of hydrogen-bond acceptors (Lipinski definition) is 5. The summed E-state index contributed by atoms with van der Waals surface area (Å²) in [5.74, 6) is -0.106. The van der Waals surface area contributed by atoms with E-state index in [4.69, 9.17) is 32.7 Å². The van der Waals surface area contributed by atoms with Crippen LogP contribution in [0, 0.1) is 0 Å². The summed E-state index contributed by atoms with van der Waals surface area (Å²) in [5.41, 5.74) is 4.40. The Hall–Kier alpha value is -3.35. The minimum atomic E-state index is -0.613. The summed E-state index contributed by atoms with van der Waals surface area (Å²) in [4.78, 5) is 24.2. The van der Waals surface area contributed by atoms with Crippen LogP contribution in [-0.4, -0.2) is 24.7 Å². The number of hydrazone groups is 1. The van der Waals surface area contributed by atoms with Gasteiger partial charge in [-0.05, 0) is 60.0 Å². The van der Waals surface area contributed by atoms with E-state index < -0.39 is 11.9 Å². The zero-order valence-electron chi connectivity index (χ0n) is 17.2. The maximum Gasteiger partial charge on any atom is 0.345 e. The number of hydrogen-bond donors (Lipinski definition) is 1. The maximum atomic E-state index is 12.3. The van der Waals surface area contributed by atoms with Gasteiger partial charge in [0.2, 0.25) is 0 Å². The van der Waals surface area contributed by atoms with Crippen molar-refractivity contribution in [2.24, 2.45) is 5.10 Å². The van der Waals surface area contributed by atoms with Crippen LogP contribution in [0.2, 0.25) is 10.0 Å². The first-order valence-corrected chi connectivity index (χ1v) is 10.5. The highest BCUT2D eigenvalue weighted by Gasteiger charge is 2.13. The van der Waals surface area contributed by atoms with Crippen LogP contribution < -0.4 is 14.9 Å². The lowest BCUT2D eigenvalue weighted by Gasteiger charge is -2.07. The number of aryl methyl sites for hydroxylation is 1. The maximum absolute atomic E-state index is 12.3. The molecule has 3 aromatic carbocycles. The van der Waals surface area contributed by atoms with Crippen LogP contribution >= 0.6 is 23.2 Å². The summed E-state index contributed by atoms with van der Waals surface area (Å²) >= 11 is 11.9. The van der Waals surface area contributed by atoms with E-state index in [0.717, 1.165) is 6.42 Å². The molecule has 0 heterocycles. The van der Waals surface area contributed by atoms with Crippen molar-refractivity contribution in [2.75, 3.05) is 6.61 Å². The van der Waals surface area contributed by atoms with E-state index in [9.17, 15) is 9.59 Å².